The molecule has 0 amide bonds. The molecule has 1 heterocycles. The fourth-order valence-electron chi connectivity index (χ4n) is 5.12. The van der Waals surface area contributed by atoms with E-state index in [2.05, 4.69) is 11.8 Å². The van der Waals surface area contributed by atoms with Crippen molar-refractivity contribution in [3.63, 3.8) is 0 Å². The smallest absolute Gasteiger partial charge is 0.216 e. The molecule has 1 saturated carbocycles. The van der Waals surface area contributed by atoms with Crippen LogP contribution in [0, 0.1) is 31.1 Å². The van der Waals surface area contributed by atoms with Crippen molar-refractivity contribution in [3.05, 3.63) is 34.4 Å². The fourth-order valence-corrected chi connectivity index (χ4v) is 5.12. The standard InChI is InChI=1S/C26H35NO4/c1-7-8-19-13-17(2)22(18(3)14-19)23-20(28)15-26(16-21(23)29)9-11-27(12-10-26)24(30)31-25(4,5)6/h13-14,23-24,30H,9-12,15-16H2,1-6H3. The van der Waals surface area contributed by atoms with Gasteiger partial charge in [-0.3, -0.25) is 14.5 Å². The van der Waals surface area contributed by atoms with Crippen molar-refractivity contribution < 1.29 is 19.4 Å². The zero-order chi connectivity index (χ0) is 23.0. The molecule has 1 aromatic rings. The Morgan fingerprint density at radius 2 is 1.61 bits per heavy atom. The summed E-state index contributed by atoms with van der Waals surface area (Å²) in [6.07, 6.45) is 1.30. The number of Topliss-reactive ketones (excluding diaryl/α,β-unsaturated/α-hetero) is 2. The van der Waals surface area contributed by atoms with E-state index in [1.54, 1.807) is 6.92 Å². The van der Waals surface area contributed by atoms with Crippen molar-refractivity contribution in [1.82, 2.24) is 4.90 Å². The van der Waals surface area contributed by atoms with Gasteiger partial charge < -0.3 is 9.84 Å². The SMILES string of the molecule is CC#Cc1cc(C)c(C2C(=O)CC3(CCN(C(O)OC(C)(C)C)CC3)CC2=O)c(C)c1. The average Bonchev–Trinajstić information content (AvgIpc) is 2.62. The highest BCUT2D eigenvalue weighted by molar-refractivity contribution is 6.10. The van der Waals surface area contributed by atoms with E-state index in [0.29, 0.717) is 38.8 Å². The first-order chi connectivity index (χ1) is 14.4. The maximum Gasteiger partial charge on any atom is 0.216 e. The lowest BCUT2D eigenvalue weighted by Crippen LogP contribution is -2.51. The molecule has 2 fully saturated rings. The molecule has 5 heteroatoms. The van der Waals surface area contributed by atoms with Gasteiger partial charge in [0.15, 0.2) is 0 Å². The molecular weight excluding hydrogens is 390 g/mol. The van der Waals surface area contributed by atoms with Gasteiger partial charge in [0, 0.05) is 31.5 Å². The van der Waals surface area contributed by atoms with Crippen molar-refractivity contribution in [2.24, 2.45) is 5.41 Å². The minimum absolute atomic E-state index is 0.0247. The highest BCUT2D eigenvalue weighted by Crippen LogP contribution is 2.47. The second kappa shape index (κ2) is 8.86. The van der Waals surface area contributed by atoms with Gasteiger partial charge in [0.25, 0.3) is 0 Å². The number of aryl methyl sites for hydroxylation is 2. The summed E-state index contributed by atoms with van der Waals surface area (Å²) in [6.45, 7) is 12.7. The number of ketones is 2. The summed E-state index contributed by atoms with van der Waals surface area (Å²) in [4.78, 5) is 28.4. The van der Waals surface area contributed by atoms with E-state index in [1.807, 2.05) is 51.7 Å². The van der Waals surface area contributed by atoms with Crippen LogP contribution < -0.4 is 0 Å². The summed E-state index contributed by atoms with van der Waals surface area (Å²) in [5.41, 5.74) is 2.95. The molecule has 0 bridgehead atoms. The molecule has 168 valence electrons. The Labute approximate surface area is 186 Å². The molecule has 3 rings (SSSR count). The summed E-state index contributed by atoms with van der Waals surface area (Å²) in [5.74, 6) is 5.35. The number of carbonyl (C=O) groups is 2. The lowest BCUT2D eigenvalue weighted by Gasteiger charge is -2.46. The van der Waals surface area contributed by atoms with Crippen LogP contribution in [0.15, 0.2) is 12.1 Å². The Bertz CT molecular complexity index is 880. The van der Waals surface area contributed by atoms with Crippen LogP contribution in [0.1, 0.15) is 81.5 Å². The van der Waals surface area contributed by atoms with Crippen molar-refractivity contribution in [3.8, 4) is 11.8 Å². The van der Waals surface area contributed by atoms with E-state index < -0.39 is 17.9 Å². The topological polar surface area (TPSA) is 66.8 Å². The molecule has 0 radical (unpaired) electrons. The highest BCUT2D eigenvalue weighted by Gasteiger charge is 2.48. The van der Waals surface area contributed by atoms with Crippen LogP contribution in [-0.2, 0) is 14.3 Å². The number of nitrogens with zero attached hydrogens (tertiary/aromatic N) is 1. The molecule has 2 aliphatic rings. The summed E-state index contributed by atoms with van der Waals surface area (Å²) in [5, 5.41) is 10.4. The number of benzene rings is 1. The Balaban J connectivity index is 1.74. The number of hydrogen-bond acceptors (Lipinski definition) is 5. The monoisotopic (exact) mass is 425 g/mol. The Hall–Kier alpha value is -2.00. The predicted molar refractivity (Wildman–Crippen MR) is 121 cm³/mol. The van der Waals surface area contributed by atoms with Gasteiger partial charge >= 0.3 is 0 Å². The van der Waals surface area contributed by atoms with Crippen LogP contribution in [0.25, 0.3) is 0 Å². The summed E-state index contributed by atoms with van der Waals surface area (Å²) in [6, 6.07) is 3.94. The molecule has 31 heavy (non-hydrogen) atoms. The van der Waals surface area contributed by atoms with Crippen molar-refractivity contribution in [2.75, 3.05) is 13.1 Å². The molecule has 0 aromatic heterocycles. The lowest BCUT2D eigenvalue weighted by atomic mass is 9.62. The van der Waals surface area contributed by atoms with Crippen LogP contribution in [-0.4, -0.2) is 46.7 Å². The number of ether oxygens (including phenoxy) is 1. The summed E-state index contributed by atoms with van der Waals surface area (Å²) >= 11 is 0. The molecule has 1 unspecified atom stereocenters. The first kappa shape index (κ1) is 23.7. The second-order valence-corrected chi connectivity index (χ2v) is 10.2. The number of likely N-dealkylation sites (tertiary alicyclic amines) is 1. The van der Waals surface area contributed by atoms with Crippen LogP contribution >= 0.6 is 0 Å². The first-order valence-corrected chi connectivity index (χ1v) is 11.1. The summed E-state index contributed by atoms with van der Waals surface area (Å²) < 4.78 is 5.66. The first-order valence-electron chi connectivity index (χ1n) is 11.1. The maximum atomic E-state index is 13.3. The van der Waals surface area contributed by atoms with Crippen LogP contribution in [0.3, 0.4) is 0 Å². The van der Waals surface area contributed by atoms with Crippen molar-refractivity contribution >= 4 is 11.6 Å². The molecule has 1 aliphatic carbocycles. The van der Waals surface area contributed by atoms with Crippen molar-refractivity contribution in [1.29, 1.82) is 0 Å². The molecule has 1 aliphatic heterocycles. The molecule has 5 nitrogen and oxygen atoms in total. The van der Waals surface area contributed by atoms with E-state index in [-0.39, 0.29) is 17.0 Å². The van der Waals surface area contributed by atoms with Gasteiger partial charge in [-0.1, -0.05) is 5.92 Å². The number of carbonyl (C=O) groups excluding carboxylic acids is 2. The third-order valence-corrected chi connectivity index (χ3v) is 6.52. The fraction of sp³-hybridized carbons (Fsp3) is 0.615. The van der Waals surface area contributed by atoms with Gasteiger partial charge in [-0.15, -0.1) is 5.92 Å². The van der Waals surface area contributed by atoms with E-state index in [1.165, 1.54) is 0 Å². The minimum atomic E-state index is -0.963. The number of aliphatic hydroxyl groups excluding tert-OH is 1. The van der Waals surface area contributed by atoms with E-state index in [9.17, 15) is 14.7 Å². The Kier molecular flexibility index (Phi) is 6.76. The van der Waals surface area contributed by atoms with Crippen LogP contribution in [0.4, 0.5) is 0 Å². The quantitative estimate of drug-likeness (QED) is 0.452. The lowest BCUT2D eigenvalue weighted by molar-refractivity contribution is -0.246. The van der Waals surface area contributed by atoms with E-state index >= 15 is 0 Å². The molecular formula is C26H35NO4. The Morgan fingerprint density at radius 3 is 2.06 bits per heavy atom. The number of hydrogen-bond donors (Lipinski definition) is 1. The third-order valence-electron chi connectivity index (χ3n) is 6.52. The van der Waals surface area contributed by atoms with E-state index in [0.717, 1.165) is 22.3 Å². The van der Waals surface area contributed by atoms with Crippen molar-refractivity contribution in [2.45, 2.75) is 85.2 Å². The summed E-state index contributed by atoms with van der Waals surface area (Å²) in [7, 11) is 0. The zero-order valence-electron chi connectivity index (χ0n) is 19.7. The largest absolute Gasteiger partial charge is 0.356 e. The number of rotatable bonds is 3. The van der Waals surface area contributed by atoms with Gasteiger partial charge in [-0.25, -0.2) is 0 Å². The normalized spacial score (nSPS) is 21.1. The third kappa shape index (κ3) is 5.26. The minimum Gasteiger partial charge on any atom is -0.356 e. The van der Waals surface area contributed by atoms with Gasteiger partial charge in [0.05, 0.1) is 5.60 Å². The highest BCUT2D eigenvalue weighted by atomic mass is 16.6. The zero-order valence-corrected chi connectivity index (χ0v) is 19.7. The van der Waals surface area contributed by atoms with E-state index in [4.69, 9.17) is 4.74 Å². The van der Waals surface area contributed by atoms with Gasteiger partial charge in [0.1, 0.15) is 17.5 Å². The molecule has 1 N–H and O–H groups in total. The van der Waals surface area contributed by atoms with Gasteiger partial charge in [-0.2, -0.15) is 0 Å². The van der Waals surface area contributed by atoms with Crippen LogP contribution in [0.5, 0.6) is 0 Å². The Morgan fingerprint density at radius 1 is 1.10 bits per heavy atom. The predicted octanol–water partition coefficient (Wildman–Crippen LogP) is 3.86. The number of piperidine rings is 1. The number of aliphatic hydroxyl groups is 1. The molecule has 1 saturated heterocycles. The molecule has 1 spiro atoms. The molecule has 1 aromatic carbocycles. The van der Waals surface area contributed by atoms with Crippen LogP contribution in [0.2, 0.25) is 0 Å². The maximum absolute atomic E-state index is 13.3. The van der Waals surface area contributed by atoms with Gasteiger partial charge in [-0.05, 0) is 88.6 Å². The molecule has 1 atom stereocenters. The average molecular weight is 426 g/mol. The second-order valence-electron chi connectivity index (χ2n) is 10.2. The van der Waals surface area contributed by atoms with Gasteiger partial charge in [0.2, 0.25) is 6.41 Å².